The number of oxime groups is 1. The van der Waals surface area contributed by atoms with Crippen LogP contribution in [0, 0.1) is 0 Å². The van der Waals surface area contributed by atoms with Crippen LogP contribution in [0.15, 0.2) is 72.1 Å². The number of rotatable bonds is 7. The third-order valence-electron chi connectivity index (χ3n) is 5.24. The van der Waals surface area contributed by atoms with Crippen LogP contribution in [0.2, 0.25) is 0 Å². The van der Waals surface area contributed by atoms with E-state index in [2.05, 4.69) is 27.3 Å². The van der Waals surface area contributed by atoms with Gasteiger partial charge in [-0.25, -0.2) is 4.68 Å². The maximum atomic E-state index is 6.25. The van der Waals surface area contributed by atoms with E-state index in [-0.39, 0.29) is 0 Å². The Kier molecular flexibility index (Phi) is 6.22. The van der Waals surface area contributed by atoms with Crippen LogP contribution in [0.25, 0.3) is 5.69 Å². The van der Waals surface area contributed by atoms with Crippen molar-refractivity contribution in [3.05, 3.63) is 83.7 Å². The average molecular weight is 390 g/mol. The van der Waals surface area contributed by atoms with Crippen molar-refractivity contribution in [3.63, 3.8) is 0 Å². The molecule has 1 aliphatic heterocycles. The minimum Gasteiger partial charge on any atom is -0.389 e. The summed E-state index contributed by atoms with van der Waals surface area (Å²) >= 11 is 0. The molecule has 0 spiro atoms. The summed E-state index contributed by atoms with van der Waals surface area (Å²) in [6.45, 7) is 3.57. The quantitative estimate of drug-likeness (QED) is 0.380. The Hall–Kier alpha value is -3.12. The van der Waals surface area contributed by atoms with E-state index in [9.17, 15) is 0 Å². The Morgan fingerprint density at radius 3 is 2.55 bits per heavy atom. The van der Waals surface area contributed by atoms with E-state index in [4.69, 9.17) is 10.6 Å². The Morgan fingerprint density at radius 1 is 1.00 bits per heavy atom. The summed E-state index contributed by atoms with van der Waals surface area (Å²) in [5.41, 5.74) is 10.4. The molecule has 0 atom stereocenters. The lowest BCUT2D eigenvalue weighted by molar-refractivity contribution is 0.130. The van der Waals surface area contributed by atoms with Crippen molar-refractivity contribution in [2.24, 2.45) is 10.9 Å². The van der Waals surface area contributed by atoms with Crippen molar-refractivity contribution in [1.29, 1.82) is 0 Å². The molecule has 2 aromatic carbocycles. The number of nitrogens with two attached hydrogens (primary N) is 1. The zero-order chi connectivity index (χ0) is 19.9. The predicted molar refractivity (Wildman–Crippen MR) is 115 cm³/mol. The molecule has 3 aromatic rings. The molecule has 0 saturated carbocycles. The van der Waals surface area contributed by atoms with E-state index >= 15 is 0 Å². The molecule has 1 saturated heterocycles. The second-order valence-corrected chi connectivity index (χ2v) is 7.36. The summed E-state index contributed by atoms with van der Waals surface area (Å²) in [4.78, 5) is 8.02. The average Bonchev–Trinajstić information content (AvgIpc) is 3.30. The first kappa shape index (κ1) is 19.2. The van der Waals surface area contributed by atoms with Gasteiger partial charge in [-0.05, 0) is 55.3 Å². The number of hydrogen-bond acceptors (Lipinski definition) is 4. The van der Waals surface area contributed by atoms with Gasteiger partial charge < -0.3 is 10.6 Å². The zero-order valence-electron chi connectivity index (χ0n) is 16.6. The molecule has 0 amide bonds. The third kappa shape index (κ3) is 5.03. The van der Waals surface area contributed by atoms with E-state index in [0.717, 1.165) is 36.4 Å². The number of nitrogens with zero attached hydrogens (tertiary/aromatic N) is 4. The van der Waals surface area contributed by atoms with E-state index < -0.39 is 0 Å². The highest BCUT2D eigenvalue weighted by Crippen LogP contribution is 2.16. The fourth-order valence-corrected chi connectivity index (χ4v) is 3.66. The van der Waals surface area contributed by atoms with E-state index in [1.807, 2.05) is 53.3 Å². The summed E-state index contributed by atoms with van der Waals surface area (Å²) < 4.78 is 1.82. The Bertz CT molecular complexity index is 928. The number of hydrogen-bond donors (Lipinski definition) is 1. The molecule has 0 aliphatic carbocycles. The highest BCUT2D eigenvalue weighted by Gasteiger charge is 2.14. The molecule has 6 nitrogen and oxygen atoms in total. The second kappa shape index (κ2) is 9.39. The lowest BCUT2D eigenvalue weighted by atomic mass is 10.0. The molecule has 2 N–H and O–H groups in total. The predicted octanol–water partition coefficient (Wildman–Crippen LogP) is 3.70. The Balaban J connectivity index is 1.37. The number of aromatic nitrogens is 2. The van der Waals surface area contributed by atoms with Crippen LogP contribution >= 0.6 is 0 Å². The van der Waals surface area contributed by atoms with Crippen molar-refractivity contribution >= 4 is 5.84 Å². The van der Waals surface area contributed by atoms with Crippen LogP contribution in [0.5, 0.6) is 0 Å². The molecule has 0 bridgehead atoms. The molecule has 1 aromatic heterocycles. The summed E-state index contributed by atoms with van der Waals surface area (Å²) in [5, 5.41) is 8.40. The van der Waals surface area contributed by atoms with Crippen LogP contribution in [-0.2, 0) is 18.0 Å². The maximum absolute atomic E-state index is 6.25. The summed E-state index contributed by atoms with van der Waals surface area (Å²) in [6.07, 6.45) is 7.55. The fraction of sp³-hybridized carbons (Fsp3) is 0.304. The molecular weight excluding hydrogens is 362 g/mol. The molecule has 1 aliphatic rings. The summed E-state index contributed by atoms with van der Waals surface area (Å²) in [7, 11) is 0. The van der Waals surface area contributed by atoms with Gasteiger partial charge in [-0.2, -0.15) is 5.10 Å². The topological polar surface area (TPSA) is 68.7 Å². The Labute approximate surface area is 171 Å². The van der Waals surface area contributed by atoms with Crippen molar-refractivity contribution in [2.45, 2.75) is 32.4 Å². The van der Waals surface area contributed by atoms with Crippen LogP contribution in [0.3, 0.4) is 0 Å². The summed E-state index contributed by atoms with van der Waals surface area (Å²) in [6, 6.07) is 18.1. The van der Waals surface area contributed by atoms with Gasteiger partial charge in [-0.1, -0.05) is 48.0 Å². The number of benzene rings is 2. The van der Waals surface area contributed by atoms with Crippen LogP contribution in [0.1, 0.15) is 36.0 Å². The molecular formula is C23H27N5O. The number of amidine groups is 1. The summed E-state index contributed by atoms with van der Waals surface area (Å²) in [5.74, 6) is 0.422. The molecule has 0 unspecified atom stereocenters. The SMILES string of the molecule is N/C(=N/OCc1ccc(-n2cccn2)cc1)c1ccccc1CN1CCCCC1. The lowest BCUT2D eigenvalue weighted by Gasteiger charge is -2.27. The largest absolute Gasteiger partial charge is 0.389 e. The minimum absolute atomic E-state index is 0.369. The standard InChI is InChI=1S/C23H27N5O/c24-23(22-8-3-2-7-20(22)17-27-14-4-1-5-15-27)26-29-18-19-9-11-21(12-10-19)28-16-6-13-25-28/h2-3,6-13,16H,1,4-5,14-15,17-18H2,(H2,24,26). The van der Waals surface area contributed by atoms with Gasteiger partial charge in [0.25, 0.3) is 0 Å². The van der Waals surface area contributed by atoms with Crippen molar-refractivity contribution in [1.82, 2.24) is 14.7 Å². The van der Waals surface area contributed by atoms with Gasteiger partial charge in [0, 0.05) is 24.5 Å². The minimum atomic E-state index is 0.369. The van der Waals surface area contributed by atoms with Crippen molar-refractivity contribution < 1.29 is 4.84 Å². The van der Waals surface area contributed by atoms with Gasteiger partial charge in [0.2, 0.25) is 0 Å². The van der Waals surface area contributed by atoms with Crippen LogP contribution in [-0.4, -0.2) is 33.6 Å². The lowest BCUT2D eigenvalue weighted by Crippen LogP contribution is -2.30. The normalized spacial score (nSPS) is 15.4. The Morgan fingerprint density at radius 2 is 1.79 bits per heavy atom. The van der Waals surface area contributed by atoms with E-state index in [1.165, 1.54) is 24.8 Å². The monoisotopic (exact) mass is 389 g/mol. The van der Waals surface area contributed by atoms with Crippen LogP contribution in [0.4, 0.5) is 0 Å². The van der Waals surface area contributed by atoms with Crippen LogP contribution < -0.4 is 5.73 Å². The van der Waals surface area contributed by atoms with E-state index in [0.29, 0.717) is 12.4 Å². The fourth-order valence-electron chi connectivity index (χ4n) is 3.66. The molecule has 29 heavy (non-hydrogen) atoms. The molecule has 150 valence electrons. The highest BCUT2D eigenvalue weighted by atomic mass is 16.6. The number of piperidine rings is 1. The second-order valence-electron chi connectivity index (χ2n) is 7.36. The molecule has 4 rings (SSSR count). The molecule has 1 fully saturated rings. The van der Waals surface area contributed by atoms with E-state index in [1.54, 1.807) is 6.20 Å². The van der Waals surface area contributed by atoms with Gasteiger partial charge in [-0.15, -0.1) is 0 Å². The molecule has 2 heterocycles. The first-order chi connectivity index (χ1) is 14.3. The molecule has 0 radical (unpaired) electrons. The zero-order valence-corrected chi connectivity index (χ0v) is 16.6. The van der Waals surface area contributed by atoms with Gasteiger partial charge >= 0.3 is 0 Å². The van der Waals surface area contributed by atoms with Gasteiger partial charge in [0.1, 0.15) is 6.61 Å². The highest BCUT2D eigenvalue weighted by molar-refractivity contribution is 5.98. The van der Waals surface area contributed by atoms with Gasteiger partial charge in [-0.3, -0.25) is 4.90 Å². The van der Waals surface area contributed by atoms with Gasteiger partial charge in [0.15, 0.2) is 5.84 Å². The third-order valence-corrected chi connectivity index (χ3v) is 5.24. The van der Waals surface area contributed by atoms with Gasteiger partial charge in [0.05, 0.1) is 5.69 Å². The van der Waals surface area contributed by atoms with Crippen molar-refractivity contribution in [2.75, 3.05) is 13.1 Å². The number of likely N-dealkylation sites (tertiary alicyclic amines) is 1. The first-order valence-corrected chi connectivity index (χ1v) is 10.1. The maximum Gasteiger partial charge on any atom is 0.170 e. The molecule has 6 heteroatoms. The van der Waals surface area contributed by atoms with Crippen molar-refractivity contribution in [3.8, 4) is 5.69 Å². The first-order valence-electron chi connectivity index (χ1n) is 10.1. The smallest absolute Gasteiger partial charge is 0.170 e.